The van der Waals surface area contributed by atoms with Gasteiger partial charge in [-0.15, -0.1) is 0 Å². The van der Waals surface area contributed by atoms with Gasteiger partial charge in [-0.3, -0.25) is 4.79 Å². The quantitative estimate of drug-likeness (QED) is 0.248. The summed E-state index contributed by atoms with van der Waals surface area (Å²) in [5.74, 6) is 0.543. The lowest BCUT2D eigenvalue weighted by atomic mass is 9.76. The van der Waals surface area contributed by atoms with Crippen molar-refractivity contribution in [1.82, 2.24) is 9.55 Å². The van der Waals surface area contributed by atoms with E-state index < -0.39 is 5.54 Å². The summed E-state index contributed by atoms with van der Waals surface area (Å²) in [6, 6.07) is 32.9. The van der Waals surface area contributed by atoms with Crippen LogP contribution in [0.3, 0.4) is 0 Å². The van der Waals surface area contributed by atoms with Crippen molar-refractivity contribution >= 4 is 5.78 Å². The molecule has 33 heavy (non-hydrogen) atoms. The minimum atomic E-state index is -0.862. The Bertz CT molecular complexity index is 1170. The Morgan fingerprint density at radius 1 is 0.879 bits per heavy atom. The number of hydrogen-bond donors (Lipinski definition) is 0. The predicted octanol–water partition coefficient (Wildman–Crippen LogP) is 6.14. The van der Waals surface area contributed by atoms with E-state index in [1.54, 1.807) is 0 Å². The number of carbonyl (C=O) groups is 1. The lowest BCUT2D eigenvalue weighted by Gasteiger charge is -2.39. The van der Waals surface area contributed by atoms with Gasteiger partial charge in [0.1, 0.15) is 23.1 Å². The molecule has 0 aliphatic rings. The minimum Gasteiger partial charge on any atom is -0.300 e. The molecule has 0 spiro atoms. The summed E-state index contributed by atoms with van der Waals surface area (Å²) in [5.41, 5.74) is 2.68. The van der Waals surface area contributed by atoms with Crippen LogP contribution >= 0.6 is 0 Å². The van der Waals surface area contributed by atoms with E-state index in [1.807, 2.05) is 59.2 Å². The molecule has 1 aromatic heterocycles. The molecule has 0 saturated carbocycles. The molecular weight excluding hydrogens is 406 g/mol. The lowest BCUT2D eigenvalue weighted by molar-refractivity contribution is 0.101. The number of benzene rings is 3. The molecule has 4 aromatic rings. The van der Waals surface area contributed by atoms with Gasteiger partial charge < -0.3 is 4.57 Å². The summed E-state index contributed by atoms with van der Waals surface area (Å²) in [6.07, 6.45) is 2.57. The van der Waals surface area contributed by atoms with Gasteiger partial charge in [-0.2, -0.15) is 5.26 Å². The molecule has 4 heteroatoms. The highest BCUT2D eigenvalue weighted by Gasteiger charge is 2.42. The Morgan fingerprint density at radius 3 is 1.70 bits per heavy atom. The maximum Gasteiger partial charge on any atom is 0.181 e. The van der Waals surface area contributed by atoms with E-state index in [-0.39, 0.29) is 11.5 Å². The highest BCUT2D eigenvalue weighted by Crippen LogP contribution is 2.43. The Hall–Kier alpha value is -3.97. The minimum absolute atomic E-state index is 0.203. The van der Waals surface area contributed by atoms with Crippen LogP contribution in [0, 0.1) is 11.3 Å². The molecule has 164 valence electrons. The van der Waals surface area contributed by atoms with Crippen molar-refractivity contribution in [2.45, 2.75) is 38.6 Å². The average molecular weight is 434 g/mol. The van der Waals surface area contributed by atoms with E-state index in [1.165, 1.54) is 6.92 Å². The van der Waals surface area contributed by atoms with Gasteiger partial charge in [-0.05, 0) is 23.1 Å². The van der Waals surface area contributed by atoms with Crippen LogP contribution in [0.5, 0.6) is 0 Å². The van der Waals surface area contributed by atoms with Crippen LogP contribution in [0.25, 0.3) is 0 Å². The third-order valence-corrected chi connectivity index (χ3v) is 6.05. The highest BCUT2D eigenvalue weighted by molar-refractivity contribution is 5.94. The fraction of sp³-hybridized carbons (Fsp3) is 0.207. The van der Waals surface area contributed by atoms with Crippen molar-refractivity contribution in [3.8, 4) is 6.07 Å². The molecule has 0 saturated heterocycles. The summed E-state index contributed by atoms with van der Waals surface area (Å²) in [7, 11) is 0. The number of carbonyl (C=O) groups excluding carboxylic acids is 1. The van der Waals surface area contributed by atoms with E-state index >= 15 is 0 Å². The summed E-state index contributed by atoms with van der Waals surface area (Å²) in [4.78, 5) is 17.3. The van der Waals surface area contributed by atoms with Gasteiger partial charge in [0.05, 0.1) is 0 Å². The van der Waals surface area contributed by atoms with E-state index in [9.17, 15) is 10.1 Å². The van der Waals surface area contributed by atoms with Crippen molar-refractivity contribution in [2.75, 3.05) is 0 Å². The van der Waals surface area contributed by atoms with Gasteiger partial charge in [0.15, 0.2) is 11.5 Å². The number of hydrogen-bond acceptors (Lipinski definition) is 3. The van der Waals surface area contributed by atoms with Gasteiger partial charge in [-0.25, -0.2) is 4.98 Å². The zero-order chi connectivity index (χ0) is 23.3. The summed E-state index contributed by atoms with van der Waals surface area (Å²) in [6.45, 7) is 3.61. The largest absolute Gasteiger partial charge is 0.300 e. The molecule has 4 rings (SSSR count). The van der Waals surface area contributed by atoms with Gasteiger partial charge in [0.2, 0.25) is 0 Å². The molecule has 3 aromatic carbocycles. The molecular formula is C29H27N3O. The monoisotopic (exact) mass is 433 g/mol. The lowest BCUT2D eigenvalue weighted by Crippen LogP contribution is -2.40. The van der Waals surface area contributed by atoms with Gasteiger partial charge >= 0.3 is 0 Å². The molecule has 0 atom stereocenters. The number of nitrogens with zero attached hydrogens (tertiary/aromatic N) is 3. The molecule has 0 fully saturated rings. The maximum absolute atomic E-state index is 12.6. The Balaban J connectivity index is 2.22. The number of nitriles is 1. The first-order valence-electron chi connectivity index (χ1n) is 11.3. The van der Waals surface area contributed by atoms with Crippen molar-refractivity contribution < 1.29 is 4.79 Å². The summed E-state index contributed by atoms with van der Waals surface area (Å²) in [5, 5.41) is 10.3. The van der Waals surface area contributed by atoms with E-state index in [4.69, 9.17) is 4.98 Å². The fourth-order valence-corrected chi connectivity index (χ4v) is 4.60. The van der Waals surface area contributed by atoms with Crippen LogP contribution < -0.4 is 0 Å². The Morgan fingerprint density at radius 2 is 1.33 bits per heavy atom. The Labute approximate surface area is 195 Å². The van der Waals surface area contributed by atoms with Gasteiger partial charge in [0.25, 0.3) is 0 Å². The second-order valence-electron chi connectivity index (χ2n) is 8.14. The number of imidazole rings is 1. The second-order valence-corrected chi connectivity index (χ2v) is 8.14. The first-order chi connectivity index (χ1) is 16.1. The van der Waals surface area contributed by atoms with Gasteiger partial charge in [0, 0.05) is 13.3 Å². The summed E-state index contributed by atoms with van der Waals surface area (Å²) < 4.78 is 2.01. The number of ketones is 1. The first kappa shape index (κ1) is 22.2. The zero-order valence-electron chi connectivity index (χ0n) is 19.0. The number of Topliss-reactive ketones (excluding diaryl/α,β-unsaturated/α-hetero) is 1. The zero-order valence-corrected chi connectivity index (χ0v) is 19.0. The first-order valence-corrected chi connectivity index (χ1v) is 11.3. The van der Waals surface area contributed by atoms with E-state index in [2.05, 4.69) is 49.4 Å². The van der Waals surface area contributed by atoms with Crippen LogP contribution in [0.1, 0.15) is 65.4 Å². The molecule has 0 amide bonds. The fourth-order valence-electron chi connectivity index (χ4n) is 4.60. The van der Waals surface area contributed by atoms with Crippen molar-refractivity contribution in [1.29, 1.82) is 5.26 Å². The van der Waals surface area contributed by atoms with Crippen LogP contribution in [0.15, 0.2) is 91.0 Å². The topological polar surface area (TPSA) is 58.7 Å². The molecule has 0 N–H and O–H groups in total. The van der Waals surface area contributed by atoms with Gasteiger partial charge in [-0.1, -0.05) is 104 Å². The van der Waals surface area contributed by atoms with Crippen LogP contribution in [0.4, 0.5) is 0 Å². The number of rotatable bonds is 8. The summed E-state index contributed by atoms with van der Waals surface area (Å²) >= 11 is 0. The molecule has 4 nitrogen and oxygen atoms in total. The van der Waals surface area contributed by atoms with Crippen LogP contribution in [-0.2, 0) is 12.0 Å². The second kappa shape index (κ2) is 9.67. The molecule has 1 heterocycles. The highest BCUT2D eigenvalue weighted by atomic mass is 16.1. The van der Waals surface area contributed by atoms with E-state index in [0.29, 0.717) is 12.1 Å². The maximum atomic E-state index is 12.6. The van der Waals surface area contributed by atoms with Crippen molar-refractivity contribution in [2.24, 2.45) is 0 Å². The Kier molecular flexibility index (Phi) is 6.51. The van der Waals surface area contributed by atoms with Crippen LogP contribution in [0.2, 0.25) is 0 Å². The number of unbranched alkanes of at least 4 members (excludes halogenated alkanes) is 1. The van der Waals surface area contributed by atoms with E-state index in [0.717, 1.165) is 35.4 Å². The third-order valence-electron chi connectivity index (χ3n) is 6.05. The third kappa shape index (κ3) is 3.87. The van der Waals surface area contributed by atoms with Crippen molar-refractivity contribution in [3.63, 3.8) is 0 Å². The predicted molar refractivity (Wildman–Crippen MR) is 130 cm³/mol. The molecule has 0 bridgehead atoms. The number of aryl methyl sites for hydroxylation is 1. The van der Waals surface area contributed by atoms with Crippen molar-refractivity contribution in [3.05, 3.63) is 125 Å². The smallest absolute Gasteiger partial charge is 0.181 e. The standard InChI is InChI=1S/C29H27N3O/c1-3-4-20-27-31-28(22(2)33)26(21-30)32(27)29(23-14-8-5-9-15-23,24-16-10-6-11-17-24)25-18-12-7-13-19-25/h5-19H,3-4,20H2,1-2H3. The molecule has 0 aliphatic heterocycles. The normalized spacial score (nSPS) is 11.2. The number of aromatic nitrogens is 2. The molecule has 0 unspecified atom stereocenters. The SMILES string of the molecule is CCCCc1nc(C(C)=O)c(C#N)n1C(c1ccccc1)(c1ccccc1)c1ccccc1. The molecule has 0 radical (unpaired) electrons. The van der Waals surface area contributed by atoms with Crippen LogP contribution in [-0.4, -0.2) is 15.3 Å². The molecule has 0 aliphatic carbocycles. The average Bonchev–Trinajstić information content (AvgIpc) is 3.24.